The smallest absolute Gasteiger partial charge is 0.273 e. The first-order valence-electron chi connectivity index (χ1n) is 6.74. The summed E-state index contributed by atoms with van der Waals surface area (Å²) < 4.78 is 3.37. The summed E-state index contributed by atoms with van der Waals surface area (Å²) in [4.78, 5) is 11.8. The average molecular weight is 423 g/mol. The van der Waals surface area contributed by atoms with Crippen molar-refractivity contribution in [1.82, 2.24) is 15.2 Å². The number of carbonyl (C=O) groups excluding carboxylic acids is 1. The Morgan fingerprint density at radius 2 is 1.86 bits per heavy atom. The van der Waals surface area contributed by atoms with Gasteiger partial charge in [0.15, 0.2) is 5.11 Å². The molecule has 1 aliphatic heterocycles. The summed E-state index contributed by atoms with van der Waals surface area (Å²) in [6, 6.07) is 10.4. The molecule has 1 amide bonds. The van der Waals surface area contributed by atoms with E-state index in [1.807, 2.05) is 13.0 Å². The van der Waals surface area contributed by atoms with E-state index in [1.165, 1.54) is 3.57 Å². The molecular formula is C16H14IN3OS. The molecule has 1 saturated heterocycles. The summed E-state index contributed by atoms with van der Waals surface area (Å²) >= 11 is 7.24. The van der Waals surface area contributed by atoms with Gasteiger partial charge >= 0.3 is 0 Å². The van der Waals surface area contributed by atoms with Crippen LogP contribution in [0.1, 0.15) is 17.0 Å². The molecular weight excluding hydrogens is 409 g/mol. The molecule has 3 rings (SSSR count). The standard InChI is InChI=1S/C16H14IN3OS/c1-9-7-11(8-14-15(21)19-16(22)18-14)10(2)20(9)13-5-3-12(17)4-6-13/h3-8H,1-2H3,(H2,18,19,21,22)/b14-8-. The first kappa shape index (κ1) is 15.2. The summed E-state index contributed by atoms with van der Waals surface area (Å²) in [6.07, 6.45) is 1.83. The van der Waals surface area contributed by atoms with Crippen LogP contribution in [0.2, 0.25) is 0 Å². The van der Waals surface area contributed by atoms with Crippen LogP contribution in [0.3, 0.4) is 0 Å². The molecule has 0 saturated carbocycles. The van der Waals surface area contributed by atoms with Gasteiger partial charge in [-0.3, -0.25) is 10.1 Å². The number of nitrogens with zero attached hydrogens (tertiary/aromatic N) is 1. The zero-order chi connectivity index (χ0) is 15.9. The van der Waals surface area contributed by atoms with Gasteiger partial charge in [-0.2, -0.15) is 0 Å². The van der Waals surface area contributed by atoms with E-state index in [1.54, 1.807) is 0 Å². The highest BCUT2D eigenvalue weighted by atomic mass is 127. The Hall–Kier alpha value is -1.67. The van der Waals surface area contributed by atoms with Crippen LogP contribution in [0, 0.1) is 17.4 Å². The molecule has 2 N–H and O–H groups in total. The van der Waals surface area contributed by atoms with Crippen molar-refractivity contribution in [3.8, 4) is 5.69 Å². The summed E-state index contributed by atoms with van der Waals surface area (Å²) in [6.45, 7) is 4.10. The van der Waals surface area contributed by atoms with Crippen molar-refractivity contribution >= 4 is 51.9 Å². The molecule has 1 aromatic heterocycles. The highest BCUT2D eigenvalue weighted by Crippen LogP contribution is 2.23. The second-order valence-electron chi connectivity index (χ2n) is 5.10. The van der Waals surface area contributed by atoms with E-state index < -0.39 is 0 Å². The maximum atomic E-state index is 11.8. The molecule has 1 fully saturated rings. The average Bonchev–Trinajstić information content (AvgIpc) is 2.92. The van der Waals surface area contributed by atoms with Crippen molar-refractivity contribution in [3.63, 3.8) is 0 Å². The number of hydrogen-bond donors (Lipinski definition) is 2. The van der Waals surface area contributed by atoms with E-state index in [9.17, 15) is 4.79 Å². The highest BCUT2D eigenvalue weighted by Gasteiger charge is 2.21. The first-order chi connectivity index (χ1) is 10.5. The molecule has 2 heterocycles. The normalized spacial score (nSPS) is 16.0. The third-order valence-corrected chi connectivity index (χ3v) is 4.50. The molecule has 1 aliphatic rings. The molecule has 0 radical (unpaired) electrons. The van der Waals surface area contributed by atoms with Crippen LogP contribution in [0.25, 0.3) is 11.8 Å². The van der Waals surface area contributed by atoms with Crippen molar-refractivity contribution in [2.75, 3.05) is 0 Å². The predicted octanol–water partition coefficient (Wildman–Crippen LogP) is 3.04. The fourth-order valence-electron chi connectivity index (χ4n) is 2.56. The lowest BCUT2D eigenvalue weighted by molar-refractivity contribution is -0.115. The lowest BCUT2D eigenvalue weighted by Gasteiger charge is -2.09. The van der Waals surface area contributed by atoms with Crippen LogP contribution in [0.15, 0.2) is 36.0 Å². The number of rotatable bonds is 2. The topological polar surface area (TPSA) is 46.1 Å². The number of carbonyl (C=O) groups is 1. The minimum absolute atomic E-state index is 0.191. The Kier molecular flexibility index (Phi) is 4.05. The number of benzene rings is 1. The Morgan fingerprint density at radius 1 is 1.18 bits per heavy atom. The fourth-order valence-corrected chi connectivity index (χ4v) is 3.12. The van der Waals surface area contributed by atoms with E-state index in [0.29, 0.717) is 10.8 Å². The van der Waals surface area contributed by atoms with E-state index in [-0.39, 0.29) is 5.91 Å². The summed E-state index contributed by atoms with van der Waals surface area (Å²) in [7, 11) is 0. The number of amides is 1. The summed E-state index contributed by atoms with van der Waals surface area (Å²) in [5.74, 6) is -0.191. The SMILES string of the molecule is Cc1cc(/C=C2\NC(=S)NC2=O)c(C)n1-c1ccc(I)cc1. The fraction of sp³-hybridized carbons (Fsp3) is 0.125. The Morgan fingerprint density at radius 3 is 2.45 bits per heavy atom. The second-order valence-corrected chi connectivity index (χ2v) is 6.76. The van der Waals surface area contributed by atoms with E-state index >= 15 is 0 Å². The molecule has 112 valence electrons. The summed E-state index contributed by atoms with van der Waals surface area (Å²) in [5, 5.41) is 5.80. The molecule has 1 aromatic carbocycles. The molecule has 2 aromatic rings. The molecule has 0 unspecified atom stereocenters. The van der Waals surface area contributed by atoms with Crippen LogP contribution in [-0.2, 0) is 4.79 Å². The van der Waals surface area contributed by atoms with Crippen molar-refractivity contribution in [1.29, 1.82) is 0 Å². The van der Waals surface area contributed by atoms with Gasteiger partial charge in [-0.1, -0.05) is 0 Å². The zero-order valence-corrected chi connectivity index (χ0v) is 15.1. The van der Waals surface area contributed by atoms with Gasteiger partial charge in [0.25, 0.3) is 5.91 Å². The monoisotopic (exact) mass is 423 g/mol. The lowest BCUT2D eigenvalue weighted by atomic mass is 10.2. The second kappa shape index (κ2) is 5.85. The van der Waals surface area contributed by atoms with E-state index in [2.05, 4.69) is 75.0 Å². The Balaban J connectivity index is 2.04. The molecule has 0 atom stereocenters. The first-order valence-corrected chi connectivity index (χ1v) is 8.23. The van der Waals surface area contributed by atoms with Gasteiger partial charge in [0.1, 0.15) is 5.70 Å². The van der Waals surface area contributed by atoms with Crippen LogP contribution in [0.4, 0.5) is 0 Å². The molecule has 0 bridgehead atoms. The van der Waals surface area contributed by atoms with Crippen molar-refractivity contribution < 1.29 is 4.79 Å². The van der Waals surface area contributed by atoms with Crippen LogP contribution >= 0.6 is 34.8 Å². The third-order valence-electron chi connectivity index (χ3n) is 3.57. The molecule has 0 spiro atoms. The van der Waals surface area contributed by atoms with Gasteiger partial charge in [-0.25, -0.2) is 0 Å². The van der Waals surface area contributed by atoms with Gasteiger partial charge in [0.2, 0.25) is 0 Å². The minimum Gasteiger partial charge on any atom is -0.328 e. The van der Waals surface area contributed by atoms with Crippen molar-refractivity contribution in [3.05, 3.63) is 56.6 Å². The van der Waals surface area contributed by atoms with Gasteiger partial charge in [0.05, 0.1) is 0 Å². The largest absolute Gasteiger partial charge is 0.328 e. The Bertz CT molecular complexity index is 806. The van der Waals surface area contributed by atoms with Crippen LogP contribution in [0.5, 0.6) is 0 Å². The van der Waals surface area contributed by atoms with Gasteiger partial charge < -0.3 is 9.88 Å². The van der Waals surface area contributed by atoms with Crippen LogP contribution in [-0.4, -0.2) is 15.6 Å². The maximum absolute atomic E-state index is 11.8. The lowest BCUT2D eigenvalue weighted by Crippen LogP contribution is -2.21. The predicted molar refractivity (Wildman–Crippen MR) is 99.8 cm³/mol. The van der Waals surface area contributed by atoms with Gasteiger partial charge in [0, 0.05) is 20.6 Å². The number of hydrogen-bond acceptors (Lipinski definition) is 2. The number of thiocarbonyl (C=S) groups is 1. The third kappa shape index (κ3) is 2.80. The van der Waals surface area contributed by atoms with Crippen molar-refractivity contribution in [2.45, 2.75) is 13.8 Å². The van der Waals surface area contributed by atoms with E-state index in [0.717, 1.165) is 22.6 Å². The summed E-state index contributed by atoms with van der Waals surface area (Å²) in [5.41, 5.74) is 4.79. The number of aryl methyl sites for hydroxylation is 1. The van der Waals surface area contributed by atoms with Gasteiger partial charge in [-0.15, -0.1) is 0 Å². The minimum atomic E-state index is -0.191. The zero-order valence-electron chi connectivity index (χ0n) is 12.1. The van der Waals surface area contributed by atoms with E-state index in [4.69, 9.17) is 12.2 Å². The number of nitrogens with one attached hydrogen (secondary N) is 2. The number of aromatic nitrogens is 1. The quantitative estimate of drug-likeness (QED) is 0.444. The van der Waals surface area contributed by atoms with Gasteiger partial charge in [-0.05, 0) is 90.6 Å². The molecule has 22 heavy (non-hydrogen) atoms. The maximum Gasteiger partial charge on any atom is 0.273 e. The molecule has 6 heteroatoms. The molecule has 4 nitrogen and oxygen atoms in total. The van der Waals surface area contributed by atoms with Crippen LogP contribution < -0.4 is 10.6 Å². The molecule has 0 aliphatic carbocycles. The Labute approximate surface area is 147 Å². The highest BCUT2D eigenvalue weighted by molar-refractivity contribution is 14.1. The number of halogens is 1. The van der Waals surface area contributed by atoms with Crippen molar-refractivity contribution in [2.24, 2.45) is 0 Å².